The first kappa shape index (κ1) is 12.6. The summed E-state index contributed by atoms with van der Waals surface area (Å²) in [5, 5.41) is 6.34. The lowest BCUT2D eigenvalue weighted by molar-refractivity contribution is -0.124. The van der Waals surface area contributed by atoms with E-state index in [1.165, 1.54) is 0 Å². The van der Waals surface area contributed by atoms with Crippen molar-refractivity contribution in [1.82, 2.24) is 10.3 Å². The van der Waals surface area contributed by atoms with Crippen molar-refractivity contribution >= 4 is 33.1 Å². The average Bonchev–Trinajstić information content (AvgIpc) is 3.07. The smallest absolute Gasteiger partial charge is 0.231 e. The first-order valence-electron chi connectivity index (χ1n) is 6.59. The highest BCUT2D eigenvalue weighted by molar-refractivity contribution is 7.16. The standard InChI is InChI=1S/C14H17N3OS/c1-2-14(5-6-15-8-14)13(18)17-10-3-4-11-12(7-10)19-9-16-11/h3-4,7,9,15H,2,5-6,8H2,1H3,(H,17,18). The van der Waals surface area contributed by atoms with E-state index < -0.39 is 0 Å². The van der Waals surface area contributed by atoms with Crippen molar-refractivity contribution in [1.29, 1.82) is 0 Å². The van der Waals surface area contributed by atoms with Crippen LogP contribution in [-0.2, 0) is 4.79 Å². The topological polar surface area (TPSA) is 54.0 Å². The summed E-state index contributed by atoms with van der Waals surface area (Å²) >= 11 is 1.59. The van der Waals surface area contributed by atoms with Crippen LogP contribution in [0.15, 0.2) is 23.7 Å². The summed E-state index contributed by atoms with van der Waals surface area (Å²) in [5.74, 6) is 0.129. The first-order chi connectivity index (χ1) is 9.23. The number of anilines is 1. The number of aromatic nitrogens is 1. The molecule has 1 amide bonds. The van der Waals surface area contributed by atoms with E-state index in [2.05, 4.69) is 22.5 Å². The average molecular weight is 275 g/mol. The summed E-state index contributed by atoms with van der Waals surface area (Å²) in [7, 11) is 0. The number of rotatable bonds is 3. The summed E-state index contributed by atoms with van der Waals surface area (Å²) in [4.78, 5) is 16.7. The number of fused-ring (bicyclic) bond motifs is 1. The zero-order chi connectivity index (χ0) is 13.3. The largest absolute Gasteiger partial charge is 0.326 e. The molecule has 1 unspecified atom stereocenters. The highest BCUT2D eigenvalue weighted by atomic mass is 32.1. The van der Waals surface area contributed by atoms with E-state index in [9.17, 15) is 4.79 Å². The minimum atomic E-state index is -0.247. The number of nitrogens with one attached hydrogen (secondary N) is 2. The molecule has 1 aromatic heterocycles. The minimum absolute atomic E-state index is 0.129. The van der Waals surface area contributed by atoms with Gasteiger partial charge in [0.25, 0.3) is 0 Å². The Morgan fingerprint density at radius 2 is 2.47 bits per heavy atom. The normalized spacial score (nSPS) is 22.8. The van der Waals surface area contributed by atoms with Crippen LogP contribution in [-0.4, -0.2) is 24.0 Å². The third-order valence-electron chi connectivity index (χ3n) is 3.99. The Balaban J connectivity index is 1.81. The fraction of sp³-hybridized carbons (Fsp3) is 0.429. The molecule has 1 saturated heterocycles. The van der Waals surface area contributed by atoms with Crippen molar-refractivity contribution < 1.29 is 4.79 Å². The van der Waals surface area contributed by atoms with Gasteiger partial charge >= 0.3 is 0 Å². The predicted octanol–water partition coefficient (Wildman–Crippen LogP) is 2.62. The molecule has 0 saturated carbocycles. The molecule has 2 N–H and O–H groups in total. The number of hydrogen-bond donors (Lipinski definition) is 2. The maximum absolute atomic E-state index is 12.5. The first-order valence-corrected chi connectivity index (χ1v) is 7.47. The fourth-order valence-corrected chi connectivity index (χ4v) is 3.31. The lowest BCUT2D eigenvalue weighted by atomic mass is 9.83. The van der Waals surface area contributed by atoms with Gasteiger partial charge in [-0.3, -0.25) is 4.79 Å². The summed E-state index contributed by atoms with van der Waals surface area (Å²) in [6, 6.07) is 5.87. The third-order valence-corrected chi connectivity index (χ3v) is 4.78. The Morgan fingerprint density at radius 3 is 3.21 bits per heavy atom. The van der Waals surface area contributed by atoms with Crippen molar-refractivity contribution in [2.24, 2.45) is 5.41 Å². The highest BCUT2D eigenvalue weighted by Gasteiger charge is 2.39. The number of carbonyl (C=O) groups is 1. The predicted molar refractivity (Wildman–Crippen MR) is 78.5 cm³/mol. The molecule has 2 aromatic rings. The van der Waals surface area contributed by atoms with Crippen LogP contribution in [0.2, 0.25) is 0 Å². The van der Waals surface area contributed by atoms with Crippen LogP contribution in [0.4, 0.5) is 5.69 Å². The van der Waals surface area contributed by atoms with Crippen molar-refractivity contribution in [2.75, 3.05) is 18.4 Å². The molecule has 0 spiro atoms. The lowest BCUT2D eigenvalue weighted by Crippen LogP contribution is -2.37. The van der Waals surface area contributed by atoms with E-state index in [1.807, 2.05) is 23.7 Å². The second-order valence-corrected chi connectivity index (χ2v) is 5.94. The highest BCUT2D eigenvalue weighted by Crippen LogP contribution is 2.31. The number of carbonyl (C=O) groups excluding carboxylic acids is 1. The SMILES string of the molecule is CCC1(C(=O)Nc2ccc3ncsc3c2)CCNC1. The maximum Gasteiger partial charge on any atom is 0.231 e. The second kappa shape index (κ2) is 4.90. The summed E-state index contributed by atoms with van der Waals surface area (Å²) in [6.07, 6.45) is 1.78. The minimum Gasteiger partial charge on any atom is -0.326 e. The molecule has 0 aliphatic carbocycles. The van der Waals surface area contributed by atoms with E-state index in [1.54, 1.807) is 11.3 Å². The van der Waals surface area contributed by atoms with Gasteiger partial charge in [-0.05, 0) is 37.6 Å². The van der Waals surface area contributed by atoms with Crippen LogP contribution in [0.5, 0.6) is 0 Å². The molecular weight excluding hydrogens is 258 g/mol. The van der Waals surface area contributed by atoms with Gasteiger partial charge in [0.1, 0.15) is 0 Å². The number of nitrogens with zero attached hydrogens (tertiary/aromatic N) is 1. The van der Waals surface area contributed by atoms with Crippen molar-refractivity contribution in [3.8, 4) is 0 Å². The van der Waals surface area contributed by atoms with Crippen LogP contribution in [0.3, 0.4) is 0 Å². The van der Waals surface area contributed by atoms with Gasteiger partial charge in [-0.25, -0.2) is 4.98 Å². The van der Waals surface area contributed by atoms with E-state index in [-0.39, 0.29) is 11.3 Å². The van der Waals surface area contributed by atoms with Crippen molar-refractivity contribution in [3.05, 3.63) is 23.7 Å². The van der Waals surface area contributed by atoms with Gasteiger partial charge in [0.15, 0.2) is 0 Å². The van der Waals surface area contributed by atoms with Crippen LogP contribution in [0.25, 0.3) is 10.2 Å². The van der Waals surface area contributed by atoms with Crippen LogP contribution >= 0.6 is 11.3 Å². The zero-order valence-corrected chi connectivity index (χ0v) is 11.7. The maximum atomic E-state index is 12.5. The van der Waals surface area contributed by atoms with E-state index >= 15 is 0 Å². The number of thiazole rings is 1. The quantitative estimate of drug-likeness (QED) is 0.905. The molecule has 0 radical (unpaired) electrons. The molecular formula is C14H17N3OS. The summed E-state index contributed by atoms with van der Waals surface area (Å²) < 4.78 is 1.10. The molecule has 1 aliphatic heterocycles. The summed E-state index contributed by atoms with van der Waals surface area (Å²) in [6.45, 7) is 3.78. The van der Waals surface area contributed by atoms with E-state index in [0.29, 0.717) is 0 Å². The second-order valence-electron chi connectivity index (χ2n) is 5.05. The fourth-order valence-electron chi connectivity index (χ4n) is 2.60. The van der Waals surface area contributed by atoms with Gasteiger partial charge in [0.05, 0.1) is 21.1 Å². The molecule has 0 bridgehead atoms. The van der Waals surface area contributed by atoms with Gasteiger partial charge in [-0.15, -0.1) is 11.3 Å². The molecule has 1 aliphatic rings. The number of amides is 1. The molecule has 1 atom stereocenters. The van der Waals surface area contributed by atoms with Gasteiger partial charge < -0.3 is 10.6 Å². The molecule has 100 valence electrons. The van der Waals surface area contributed by atoms with Crippen LogP contribution < -0.4 is 10.6 Å². The molecule has 1 fully saturated rings. The molecule has 3 rings (SSSR count). The Kier molecular flexibility index (Phi) is 3.24. The van der Waals surface area contributed by atoms with Gasteiger partial charge in [-0.2, -0.15) is 0 Å². The number of hydrogen-bond acceptors (Lipinski definition) is 4. The lowest BCUT2D eigenvalue weighted by Gasteiger charge is -2.25. The van der Waals surface area contributed by atoms with Gasteiger partial charge in [-0.1, -0.05) is 6.92 Å². The third kappa shape index (κ3) is 2.24. The van der Waals surface area contributed by atoms with Crippen LogP contribution in [0.1, 0.15) is 19.8 Å². The van der Waals surface area contributed by atoms with E-state index in [0.717, 1.165) is 41.8 Å². The molecule has 1 aromatic carbocycles. The molecule has 2 heterocycles. The molecule has 5 heteroatoms. The zero-order valence-electron chi connectivity index (χ0n) is 10.9. The van der Waals surface area contributed by atoms with Gasteiger partial charge in [0.2, 0.25) is 5.91 Å². The Morgan fingerprint density at radius 1 is 1.58 bits per heavy atom. The summed E-state index contributed by atoms with van der Waals surface area (Å²) in [5.41, 5.74) is 3.42. The van der Waals surface area contributed by atoms with Crippen LogP contribution in [0, 0.1) is 5.41 Å². The van der Waals surface area contributed by atoms with Gasteiger partial charge in [0, 0.05) is 12.2 Å². The number of benzene rings is 1. The molecule has 4 nitrogen and oxygen atoms in total. The molecule has 19 heavy (non-hydrogen) atoms. The van der Waals surface area contributed by atoms with Crippen molar-refractivity contribution in [3.63, 3.8) is 0 Å². The Labute approximate surface area is 116 Å². The van der Waals surface area contributed by atoms with E-state index in [4.69, 9.17) is 0 Å². The Bertz CT molecular complexity index is 602. The van der Waals surface area contributed by atoms with Crippen molar-refractivity contribution in [2.45, 2.75) is 19.8 Å². The Hall–Kier alpha value is -1.46. The monoisotopic (exact) mass is 275 g/mol.